The second-order valence-corrected chi connectivity index (χ2v) is 6.53. The van der Waals surface area contributed by atoms with E-state index in [4.69, 9.17) is 21.1 Å². The van der Waals surface area contributed by atoms with Crippen LogP contribution in [0.3, 0.4) is 0 Å². The van der Waals surface area contributed by atoms with Gasteiger partial charge in [0.15, 0.2) is 11.5 Å². The molecule has 6 heteroatoms. The number of halogens is 1. The number of benzene rings is 2. The summed E-state index contributed by atoms with van der Waals surface area (Å²) >= 11 is 7.30. The molecule has 1 amide bonds. The Bertz CT molecular complexity index is 678. The van der Waals surface area contributed by atoms with E-state index in [0.29, 0.717) is 29.7 Å². The number of rotatable bonds is 5. The quantitative estimate of drug-likeness (QED) is 0.840. The second kappa shape index (κ2) is 7.62. The Balaban J connectivity index is 1.42. The van der Waals surface area contributed by atoms with Crippen molar-refractivity contribution in [3.05, 3.63) is 53.6 Å². The van der Waals surface area contributed by atoms with Crippen molar-refractivity contribution in [1.82, 2.24) is 5.32 Å². The molecule has 1 atom stereocenters. The van der Waals surface area contributed by atoms with Gasteiger partial charge in [-0.2, -0.15) is 0 Å². The molecule has 1 N–H and O–H groups in total. The summed E-state index contributed by atoms with van der Waals surface area (Å²) in [6.07, 6.45) is -0.172. The fourth-order valence-electron chi connectivity index (χ4n) is 2.12. The zero-order valence-electron chi connectivity index (χ0n) is 12.3. The molecule has 0 aromatic heterocycles. The largest absolute Gasteiger partial charge is 0.486 e. The molecule has 0 aliphatic carbocycles. The van der Waals surface area contributed by atoms with E-state index >= 15 is 0 Å². The summed E-state index contributed by atoms with van der Waals surface area (Å²) in [6, 6.07) is 14.9. The van der Waals surface area contributed by atoms with Crippen LogP contribution in [0, 0.1) is 0 Å². The van der Waals surface area contributed by atoms with E-state index in [9.17, 15) is 4.79 Å². The summed E-state index contributed by atoms with van der Waals surface area (Å²) in [5.41, 5.74) is 0. The van der Waals surface area contributed by atoms with E-state index in [1.165, 1.54) is 11.8 Å². The van der Waals surface area contributed by atoms with Crippen LogP contribution < -0.4 is 14.8 Å². The van der Waals surface area contributed by atoms with E-state index in [1.54, 1.807) is 0 Å². The number of para-hydroxylation sites is 2. The Morgan fingerprint density at radius 3 is 2.70 bits per heavy atom. The lowest BCUT2D eigenvalue weighted by atomic mass is 10.2. The van der Waals surface area contributed by atoms with Crippen molar-refractivity contribution in [3.63, 3.8) is 0 Å². The van der Waals surface area contributed by atoms with E-state index in [0.717, 1.165) is 10.6 Å². The standard InChI is InChI=1S/C17H16ClNO3S/c18-12-5-7-14(8-6-12)23-11-17(20)19-9-13-10-21-15-3-1-2-4-16(15)22-13/h1-8,13H,9-11H2,(H,19,20)/t13-/m0/s1. The van der Waals surface area contributed by atoms with Gasteiger partial charge in [0.05, 0.1) is 12.3 Å². The molecule has 0 radical (unpaired) electrons. The van der Waals surface area contributed by atoms with Crippen molar-refractivity contribution < 1.29 is 14.3 Å². The van der Waals surface area contributed by atoms with Crippen LogP contribution in [0.2, 0.25) is 5.02 Å². The lowest BCUT2D eigenvalue weighted by Gasteiger charge is -2.26. The Morgan fingerprint density at radius 1 is 1.17 bits per heavy atom. The molecule has 2 aromatic rings. The molecule has 1 aliphatic heterocycles. The Morgan fingerprint density at radius 2 is 1.91 bits per heavy atom. The number of hydrogen-bond acceptors (Lipinski definition) is 4. The highest BCUT2D eigenvalue weighted by molar-refractivity contribution is 8.00. The highest BCUT2D eigenvalue weighted by Crippen LogP contribution is 2.30. The molecule has 4 nitrogen and oxygen atoms in total. The van der Waals surface area contributed by atoms with Crippen LogP contribution >= 0.6 is 23.4 Å². The molecule has 0 fully saturated rings. The summed E-state index contributed by atoms with van der Waals surface area (Å²) in [5, 5.41) is 3.56. The van der Waals surface area contributed by atoms with Gasteiger partial charge in [0.1, 0.15) is 12.7 Å². The summed E-state index contributed by atoms with van der Waals surface area (Å²) in [6.45, 7) is 0.857. The monoisotopic (exact) mass is 349 g/mol. The van der Waals surface area contributed by atoms with E-state index in [-0.39, 0.29) is 12.0 Å². The maximum absolute atomic E-state index is 11.9. The van der Waals surface area contributed by atoms with Gasteiger partial charge in [-0.05, 0) is 36.4 Å². The van der Waals surface area contributed by atoms with E-state index in [2.05, 4.69) is 5.32 Å². The number of thioether (sulfide) groups is 1. The number of nitrogens with one attached hydrogen (secondary N) is 1. The van der Waals surface area contributed by atoms with Crippen LogP contribution in [-0.4, -0.2) is 30.9 Å². The molecular formula is C17H16ClNO3S. The van der Waals surface area contributed by atoms with Gasteiger partial charge in [0, 0.05) is 9.92 Å². The number of hydrogen-bond donors (Lipinski definition) is 1. The van der Waals surface area contributed by atoms with Gasteiger partial charge < -0.3 is 14.8 Å². The van der Waals surface area contributed by atoms with Gasteiger partial charge in [-0.3, -0.25) is 4.79 Å². The first-order valence-electron chi connectivity index (χ1n) is 7.24. The molecule has 3 rings (SSSR count). The SMILES string of the molecule is O=C(CSc1ccc(Cl)cc1)NC[C@H]1COc2ccccc2O1. The van der Waals surface area contributed by atoms with Crippen LogP contribution in [0.4, 0.5) is 0 Å². The van der Waals surface area contributed by atoms with Crippen LogP contribution in [0.25, 0.3) is 0 Å². The molecule has 120 valence electrons. The van der Waals surface area contributed by atoms with Gasteiger partial charge in [-0.25, -0.2) is 0 Å². The fraction of sp³-hybridized carbons (Fsp3) is 0.235. The highest BCUT2D eigenvalue weighted by Gasteiger charge is 2.20. The summed E-state index contributed by atoms with van der Waals surface area (Å²) in [7, 11) is 0. The maximum atomic E-state index is 11.9. The number of amides is 1. The van der Waals surface area contributed by atoms with Crippen molar-refractivity contribution in [2.24, 2.45) is 0 Å². The van der Waals surface area contributed by atoms with Crippen molar-refractivity contribution in [3.8, 4) is 11.5 Å². The van der Waals surface area contributed by atoms with Gasteiger partial charge in [0.2, 0.25) is 5.91 Å². The van der Waals surface area contributed by atoms with Gasteiger partial charge in [0.25, 0.3) is 0 Å². The minimum atomic E-state index is -0.172. The number of ether oxygens (including phenoxy) is 2. The third-order valence-electron chi connectivity index (χ3n) is 3.28. The Kier molecular flexibility index (Phi) is 5.31. The highest BCUT2D eigenvalue weighted by atomic mass is 35.5. The van der Waals surface area contributed by atoms with Crippen LogP contribution in [0.1, 0.15) is 0 Å². The molecule has 1 aliphatic rings. The zero-order chi connectivity index (χ0) is 16.1. The van der Waals surface area contributed by atoms with E-state index in [1.807, 2.05) is 48.5 Å². The third kappa shape index (κ3) is 4.56. The lowest BCUT2D eigenvalue weighted by molar-refractivity contribution is -0.119. The maximum Gasteiger partial charge on any atom is 0.230 e. The minimum Gasteiger partial charge on any atom is -0.486 e. The normalized spacial score (nSPS) is 16.0. The lowest BCUT2D eigenvalue weighted by Crippen LogP contribution is -2.41. The fourth-order valence-corrected chi connectivity index (χ4v) is 2.98. The Labute approximate surface area is 144 Å². The van der Waals surface area contributed by atoms with Crippen LogP contribution in [-0.2, 0) is 4.79 Å². The molecule has 2 aromatic carbocycles. The Hall–Kier alpha value is -1.85. The molecule has 0 saturated carbocycles. The molecular weight excluding hydrogens is 334 g/mol. The minimum absolute atomic E-state index is 0.0348. The van der Waals surface area contributed by atoms with Crippen molar-refractivity contribution in [1.29, 1.82) is 0 Å². The zero-order valence-corrected chi connectivity index (χ0v) is 13.9. The van der Waals surface area contributed by atoms with Crippen molar-refractivity contribution >= 4 is 29.3 Å². The predicted octanol–water partition coefficient (Wildman–Crippen LogP) is 3.39. The summed E-state index contributed by atoms with van der Waals surface area (Å²) in [4.78, 5) is 12.9. The predicted molar refractivity (Wildman–Crippen MR) is 91.5 cm³/mol. The average molecular weight is 350 g/mol. The van der Waals surface area contributed by atoms with Crippen molar-refractivity contribution in [2.75, 3.05) is 18.9 Å². The number of fused-ring (bicyclic) bond motifs is 1. The third-order valence-corrected chi connectivity index (χ3v) is 4.54. The van der Waals surface area contributed by atoms with Gasteiger partial charge >= 0.3 is 0 Å². The average Bonchev–Trinajstić information content (AvgIpc) is 2.59. The number of carbonyl (C=O) groups is 1. The molecule has 0 bridgehead atoms. The topological polar surface area (TPSA) is 47.6 Å². The molecule has 0 unspecified atom stereocenters. The molecule has 1 heterocycles. The second-order valence-electron chi connectivity index (χ2n) is 5.04. The van der Waals surface area contributed by atoms with Crippen LogP contribution in [0.5, 0.6) is 11.5 Å². The van der Waals surface area contributed by atoms with Gasteiger partial charge in [-0.15, -0.1) is 11.8 Å². The summed E-state index contributed by atoms with van der Waals surface area (Å²) < 4.78 is 11.4. The molecule has 23 heavy (non-hydrogen) atoms. The van der Waals surface area contributed by atoms with E-state index < -0.39 is 0 Å². The van der Waals surface area contributed by atoms with Gasteiger partial charge in [-0.1, -0.05) is 23.7 Å². The molecule has 0 saturated heterocycles. The first-order valence-corrected chi connectivity index (χ1v) is 8.60. The first kappa shape index (κ1) is 16.0. The first-order chi connectivity index (χ1) is 11.2. The number of carbonyl (C=O) groups excluding carboxylic acids is 1. The molecule has 0 spiro atoms. The summed E-state index contributed by atoms with van der Waals surface area (Å²) in [5.74, 6) is 1.78. The van der Waals surface area contributed by atoms with Crippen molar-refractivity contribution in [2.45, 2.75) is 11.0 Å². The van der Waals surface area contributed by atoms with Crippen LogP contribution in [0.15, 0.2) is 53.4 Å². The smallest absolute Gasteiger partial charge is 0.230 e.